The first-order valence-corrected chi connectivity index (χ1v) is 9.65. The highest BCUT2D eigenvalue weighted by Crippen LogP contribution is 2.43. The van der Waals surface area contributed by atoms with Gasteiger partial charge in [-0.25, -0.2) is 4.79 Å². The maximum Gasteiger partial charge on any atom is 0.355 e. The standard InChI is InChI=1S/C22H27NO7/c1-12-19-15(23-20(12)22(25)30-7-6-26-2)8-13(9-16(19)24)14-10-17(27-3)21(29-5)18(11-14)28-4/h10-11,13,23H,6-9H2,1-5H3. The van der Waals surface area contributed by atoms with Gasteiger partial charge in [-0.15, -0.1) is 0 Å². The van der Waals surface area contributed by atoms with E-state index in [2.05, 4.69) is 4.98 Å². The Balaban J connectivity index is 1.92. The van der Waals surface area contributed by atoms with Crippen molar-refractivity contribution in [3.63, 3.8) is 0 Å². The Morgan fingerprint density at radius 2 is 1.70 bits per heavy atom. The Kier molecular flexibility index (Phi) is 6.66. The van der Waals surface area contributed by atoms with Crippen LogP contribution in [0.1, 0.15) is 50.0 Å². The molecule has 0 aliphatic heterocycles. The molecule has 0 saturated heterocycles. The molecule has 8 heteroatoms. The number of fused-ring (bicyclic) bond motifs is 1. The highest BCUT2D eigenvalue weighted by molar-refractivity contribution is 6.03. The van der Waals surface area contributed by atoms with Gasteiger partial charge in [-0.3, -0.25) is 4.79 Å². The van der Waals surface area contributed by atoms with Gasteiger partial charge in [0.25, 0.3) is 0 Å². The van der Waals surface area contributed by atoms with Crippen LogP contribution in [0, 0.1) is 6.92 Å². The molecule has 8 nitrogen and oxygen atoms in total. The van der Waals surface area contributed by atoms with Gasteiger partial charge >= 0.3 is 5.97 Å². The average molecular weight is 417 g/mol. The third kappa shape index (κ3) is 4.00. The van der Waals surface area contributed by atoms with E-state index in [9.17, 15) is 9.59 Å². The molecule has 0 fully saturated rings. The zero-order valence-electron chi connectivity index (χ0n) is 17.9. The zero-order chi connectivity index (χ0) is 21.8. The first-order valence-electron chi connectivity index (χ1n) is 9.65. The van der Waals surface area contributed by atoms with Gasteiger partial charge in [0.2, 0.25) is 5.75 Å². The molecule has 162 valence electrons. The van der Waals surface area contributed by atoms with Crippen molar-refractivity contribution in [1.82, 2.24) is 4.98 Å². The fourth-order valence-corrected chi connectivity index (χ4v) is 3.90. The van der Waals surface area contributed by atoms with Crippen LogP contribution >= 0.6 is 0 Å². The lowest BCUT2D eigenvalue weighted by molar-refractivity contribution is 0.0381. The number of methoxy groups -OCH3 is 4. The van der Waals surface area contributed by atoms with E-state index in [1.165, 1.54) is 7.11 Å². The number of hydrogen-bond donors (Lipinski definition) is 1. The van der Waals surface area contributed by atoms with Crippen molar-refractivity contribution in [2.45, 2.75) is 25.7 Å². The number of Topliss-reactive ketones (excluding diaryl/α,β-unsaturated/α-hetero) is 1. The van der Waals surface area contributed by atoms with Crippen molar-refractivity contribution in [1.29, 1.82) is 0 Å². The molecule has 1 aliphatic carbocycles. The predicted octanol–water partition coefficient (Wildman–Crippen LogP) is 3.06. The number of carbonyl (C=O) groups excluding carboxylic acids is 2. The van der Waals surface area contributed by atoms with Gasteiger partial charge in [0.05, 0.1) is 27.9 Å². The molecule has 3 rings (SSSR count). The molecule has 0 spiro atoms. The van der Waals surface area contributed by atoms with E-state index in [0.717, 1.165) is 11.3 Å². The summed E-state index contributed by atoms with van der Waals surface area (Å²) in [6, 6.07) is 3.72. The van der Waals surface area contributed by atoms with E-state index < -0.39 is 5.97 Å². The van der Waals surface area contributed by atoms with Gasteiger partial charge in [0.1, 0.15) is 12.3 Å². The van der Waals surface area contributed by atoms with Gasteiger partial charge in [0, 0.05) is 24.8 Å². The number of ketones is 1. The van der Waals surface area contributed by atoms with Gasteiger partial charge < -0.3 is 28.7 Å². The molecule has 0 saturated carbocycles. The number of hydrogen-bond acceptors (Lipinski definition) is 7. The van der Waals surface area contributed by atoms with Crippen LogP contribution in [0.15, 0.2) is 12.1 Å². The number of nitrogens with one attached hydrogen (secondary N) is 1. The molecular formula is C22H27NO7. The highest BCUT2D eigenvalue weighted by atomic mass is 16.6. The van der Waals surface area contributed by atoms with Crippen LogP contribution in [-0.2, 0) is 15.9 Å². The van der Waals surface area contributed by atoms with E-state index in [1.54, 1.807) is 28.3 Å². The minimum absolute atomic E-state index is 0.0142. The van der Waals surface area contributed by atoms with Crippen LogP contribution in [0.2, 0.25) is 0 Å². The molecule has 0 bridgehead atoms. The van der Waals surface area contributed by atoms with Crippen molar-refractivity contribution in [3.05, 3.63) is 40.2 Å². The third-order valence-corrected chi connectivity index (χ3v) is 5.37. The summed E-state index contributed by atoms with van der Waals surface area (Å²) >= 11 is 0. The minimum Gasteiger partial charge on any atom is -0.493 e. The van der Waals surface area contributed by atoms with Crippen molar-refractivity contribution < 1.29 is 33.3 Å². The number of aromatic nitrogens is 1. The topological polar surface area (TPSA) is 96.1 Å². The van der Waals surface area contributed by atoms with Gasteiger partial charge in [-0.1, -0.05) is 0 Å². The fraction of sp³-hybridized carbons (Fsp3) is 0.455. The second-order valence-electron chi connectivity index (χ2n) is 7.09. The van der Waals surface area contributed by atoms with Crippen molar-refractivity contribution in [3.8, 4) is 17.2 Å². The molecule has 0 amide bonds. The molecular weight excluding hydrogens is 390 g/mol. The molecule has 1 aromatic heterocycles. The highest BCUT2D eigenvalue weighted by Gasteiger charge is 2.33. The number of rotatable bonds is 8. The number of benzene rings is 1. The Bertz CT molecular complexity index is 922. The second kappa shape index (κ2) is 9.21. The number of H-pyrrole nitrogens is 1. The van der Waals surface area contributed by atoms with Crippen molar-refractivity contribution in [2.75, 3.05) is 41.7 Å². The Labute approximate surface area is 175 Å². The maximum absolute atomic E-state index is 12.9. The van der Waals surface area contributed by atoms with Crippen LogP contribution in [-0.4, -0.2) is 58.4 Å². The molecule has 1 atom stereocenters. The number of aromatic amines is 1. The summed E-state index contributed by atoms with van der Waals surface area (Å²) in [5.41, 5.74) is 3.16. The second-order valence-corrected chi connectivity index (χ2v) is 7.09. The van der Waals surface area contributed by atoms with E-state index in [-0.39, 0.29) is 18.3 Å². The number of carbonyl (C=O) groups is 2. The summed E-state index contributed by atoms with van der Waals surface area (Å²) in [5, 5.41) is 0. The van der Waals surface area contributed by atoms with Crippen LogP contribution < -0.4 is 14.2 Å². The lowest BCUT2D eigenvalue weighted by Gasteiger charge is -2.24. The molecule has 0 radical (unpaired) electrons. The molecule has 1 heterocycles. The largest absolute Gasteiger partial charge is 0.493 e. The zero-order valence-corrected chi connectivity index (χ0v) is 17.9. The van der Waals surface area contributed by atoms with Crippen LogP contribution in [0.5, 0.6) is 17.2 Å². The summed E-state index contributed by atoms with van der Waals surface area (Å²) in [7, 11) is 6.20. The lowest BCUT2D eigenvalue weighted by atomic mass is 9.81. The maximum atomic E-state index is 12.9. The summed E-state index contributed by atoms with van der Waals surface area (Å²) in [4.78, 5) is 28.4. The van der Waals surface area contributed by atoms with E-state index in [1.807, 2.05) is 12.1 Å². The van der Waals surface area contributed by atoms with Crippen LogP contribution in [0.25, 0.3) is 0 Å². The molecule has 1 unspecified atom stereocenters. The number of esters is 1. The summed E-state index contributed by atoms with van der Waals surface area (Å²) < 4.78 is 26.4. The van der Waals surface area contributed by atoms with Gasteiger partial charge in [0.15, 0.2) is 17.3 Å². The third-order valence-electron chi connectivity index (χ3n) is 5.37. The number of ether oxygens (including phenoxy) is 5. The smallest absolute Gasteiger partial charge is 0.355 e. The molecule has 1 aliphatic rings. The quantitative estimate of drug-likeness (QED) is 0.521. The van der Waals surface area contributed by atoms with Gasteiger partial charge in [-0.2, -0.15) is 0 Å². The summed E-state index contributed by atoms with van der Waals surface area (Å²) in [6.45, 7) is 2.23. The molecule has 2 aromatic rings. The predicted molar refractivity (Wildman–Crippen MR) is 109 cm³/mol. The first-order chi connectivity index (χ1) is 14.4. The Morgan fingerprint density at radius 3 is 2.27 bits per heavy atom. The molecule has 1 N–H and O–H groups in total. The first kappa shape index (κ1) is 21.7. The monoisotopic (exact) mass is 417 g/mol. The lowest BCUT2D eigenvalue weighted by Crippen LogP contribution is -2.19. The molecule has 1 aromatic carbocycles. The van der Waals surface area contributed by atoms with Gasteiger partial charge in [-0.05, 0) is 42.5 Å². The molecule has 30 heavy (non-hydrogen) atoms. The normalized spacial score (nSPS) is 15.5. The van der Waals surface area contributed by atoms with Crippen molar-refractivity contribution in [2.24, 2.45) is 0 Å². The fourth-order valence-electron chi connectivity index (χ4n) is 3.90. The summed E-state index contributed by atoms with van der Waals surface area (Å²) in [6.07, 6.45) is 0.897. The summed E-state index contributed by atoms with van der Waals surface area (Å²) in [5.74, 6) is 0.985. The Hall–Kier alpha value is -3.00. The van der Waals surface area contributed by atoms with Crippen molar-refractivity contribution >= 4 is 11.8 Å². The SMILES string of the molecule is COCCOC(=O)c1[nH]c2c(c1C)C(=O)CC(c1cc(OC)c(OC)c(OC)c1)C2. The van der Waals surface area contributed by atoms with Crippen LogP contribution in [0.3, 0.4) is 0 Å². The van der Waals surface area contributed by atoms with Crippen LogP contribution in [0.4, 0.5) is 0 Å². The van der Waals surface area contributed by atoms with E-state index in [0.29, 0.717) is 53.5 Å². The average Bonchev–Trinajstić information content (AvgIpc) is 3.09. The van der Waals surface area contributed by atoms with E-state index >= 15 is 0 Å². The minimum atomic E-state index is -0.490. The Morgan fingerprint density at radius 1 is 1.03 bits per heavy atom. The van der Waals surface area contributed by atoms with E-state index in [4.69, 9.17) is 23.7 Å².